The molecule has 0 aromatic heterocycles. The van der Waals surface area contributed by atoms with E-state index in [0.717, 1.165) is 12.0 Å². The maximum atomic E-state index is 13.8. The predicted octanol–water partition coefficient (Wildman–Crippen LogP) is 3.76. The largest absolute Gasteiger partial charge is 0.316 e. The molecule has 104 valence electrons. The smallest absolute Gasteiger partial charge is 0.126 e. The fourth-order valence-corrected chi connectivity index (χ4v) is 3.11. The maximum absolute atomic E-state index is 13.8. The van der Waals surface area contributed by atoms with Crippen molar-refractivity contribution in [2.45, 2.75) is 24.8 Å². The van der Waals surface area contributed by atoms with Gasteiger partial charge in [0.05, 0.1) is 0 Å². The van der Waals surface area contributed by atoms with E-state index in [-0.39, 0.29) is 5.82 Å². The maximum Gasteiger partial charge on any atom is 0.126 e. The number of hydrogen-bond donors (Lipinski definition) is 1. The Kier molecular flexibility index (Phi) is 3.83. The van der Waals surface area contributed by atoms with Gasteiger partial charge in [0.15, 0.2) is 0 Å². The van der Waals surface area contributed by atoms with Crippen LogP contribution in [0.1, 0.15) is 23.5 Å². The first-order valence-corrected chi connectivity index (χ1v) is 7.25. The molecule has 0 amide bonds. The summed E-state index contributed by atoms with van der Waals surface area (Å²) >= 11 is 0. The lowest BCUT2D eigenvalue weighted by atomic mass is 9.98. The Bertz CT molecular complexity index is 567. The van der Waals surface area contributed by atoms with Crippen molar-refractivity contribution in [1.29, 1.82) is 0 Å². The van der Waals surface area contributed by atoms with E-state index in [1.54, 1.807) is 12.1 Å². The minimum Gasteiger partial charge on any atom is -0.316 e. The standard InChI is InChI=1S/C18H20FN/c1-20-18(11-14-9-5-6-10-17(14)19)16-12-15(16)13-7-3-2-4-8-13/h2-10,15-16,18,20H,11-12H2,1H3. The summed E-state index contributed by atoms with van der Waals surface area (Å²) in [6.07, 6.45) is 1.96. The zero-order valence-corrected chi connectivity index (χ0v) is 11.7. The minimum absolute atomic E-state index is 0.0929. The van der Waals surface area contributed by atoms with Crippen LogP contribution in [0.5, 0.6) is 0 Å². The molecular formula is C18H20FN. The molecule has 0 aliphatic heterocycles. The number of nitrogens with one attached hydrogen (secondary N) is 1. The third-order valence-corrected chi connectivity index (χ3v) is 4.35. The van der Waals surface area contributed by atoms with Crippen LogP contribution in [0.25, 0.3) is 0 Å². The molecule has 3 unspecified atom stereocenters. The summed E-state index contributed by atoms with van der Waals surface area (Å²) in [5.74, 6) is 1.15. The van der Waals surface area contributed by atoms with E-state index in [9.17, 15) is 4.39 Å². The van der Waals surface area contributed by atoms with Gasteiger partial charge in [-0.1, -0.05) is 48.5 Å². The topological polar surface area (TPSA) is 12.0 Å². The molecule has 0 bridgehead atoms. The Labute approximate surface area is 119 Å². The lowest BCUT2D eigenvalue weighted by Gasteiger charge is -2.17. The number of halogens is 1. The monoisotopic (exact) mass is 269 g/mol. The minimum atomic E-state index is -0.0929. The second-order valence-corrected chi connectivity index (χ2v) is 5.61. The van der Waals surface area contributed by atoms with E-state index in [1.807, 2.05) is 19.2 Å². The van der Waals surface area contributed by atoms with Crippen LogP contribution in [-0.2, 0) is 6.42 Å². The Morgan fingerprint density at radius 2 is 1.80 bits per heavy atom. The molecule has 1 aliphatic carbocycles. The molecule has 0 heterocycles. The van der Waals surface area contributed by atoms with E-state index < -0.39 is 0 Å². The third-order valence-electron chi connectivity index (χ3n) is 4.35. The Morgan fingerprint density at radius 1 is 1.10 bits per heavy atom. The van der Waals surface area contributed by atoms with Gasteiger partial charge in [0.25, 0.3) is 0 Å². The summed E-state index contributed by atoms with van der Waals surface area (Å²) in [6, 6.07) is 18.1. The van der Waals surface area contributed by atoms with Crippen LogP contribution in [0.4, 0.5) is 4.39 Å². The SMILES string of the molecule is CNC(Cc1ccccc1F)C1CC1c1ccccc1. The molecule has 1 N–H and O–H groups in total. The summed E-state index contributed by atoms with van der Waals surface area (Å²) in [5.41, 5.74) is 2.22. The average molecular weight is 269 g/mol. The molecule has 2 aromatic rings. The molecule has 0 spiro atoms. The van der Waals surface area contributed by atoms with Crippen LogP contribution in [0.3, 0.4) is 0 Å². The van der Waals surface area contributed by atoms with Gasteiger partial charge in [0, 0.05) is 6.04 Å². The van der Waals surface area contributed by atoms with Crippen molar-refractivity contribution < 1.29 is 4.39 Å². The Morgan fingerprint density at radius 3 is 2.50 bits per heavy atom. The lowest BCUT2D eigenvalue weighted by Crippen LogP contribution is -2.30. The second-order valence-electron chi connectivity index (χ2n) is 5.61. The Hall–Kier alpha value is -1.67. The van der Waals surface area contributed by atoms with Crippen LogP contribution in [0.15, 0.2) is 54.6 Å². The fourth-order valence-electron chi connectivity index (χ4n) is 3.11. The lowest BCUT2D eigenvalue weighted by molar-refractivity contribution is 0.479. The van der Waals surface area contributed by atoms with E-state index in [1.165, 1.54) is 12.0 Å². The number of hydrogen-bond acceptors (Lipinski definition) is 1. The van der Waals surface area contributed by atoms with Crippen LogP contribution in [0, 0.1) is 11.7 Å². The molecule has 0 saturated heterocycles. The molecule has 0 radical (unpaired) electrons. The normalized spacial score (nSPS) is 22.5. The van der Waals surface area contributed by atoms with Crippen LogP contribution < -0.4 is 5.32 Å². The van der Waals surface area contributed by atoms with E-state index in [0.29, 0.717) is 17.9 Å². The first-order chi connectivity index (χ1) is 9.79. The predicted molar refractivity (Wildman–Crippen MR) is 80.2 cm³/mol. The molecule has 3 rings (SSSR count). The van der Waals surface area contributed by atoms with Gasteiger partial charge in [0.1, 0.15) is 5.82 Å². The Balaban J connectivity index is 1.69. The highest BCUT2D eigenvalue weighted by Gasteiger charge is 2.43. The van der Waals surface area contributed by atoms with Crippen molar-refractivity contribution in [2.24, 2.45) is 5.92 Å². The first-order valence-electron chi connectivity index (χ1n) is 7.25. The molecule has 1 saturated carbocycles. The summed E-state index contributed by atoms with van der Waals surface area (Å²) in [7, 11) is 1.98. The first kappa shape index (κ1) is 13.3. The quantitative estimate of drug-likeness (QED) is 0.871. The highest BCUT2D eigenvalue weighted by Crippen LogP contribution is 2.50. The van der Waals surface area contributed by atoms with Gasteiger partial charge in [0.2, 0.25) is 0 Å². The molecule has 2 aromatic carbocycles. The fraction of sp³-hybridized carbons (Fsp3) is 0.333. The molecule has 2 heteroatoms. The van der Waals surface area contributed by atoms with E-state index in [2.05, 4.69) is 35.6 Å². The molecular weight excluding hydrogens is 249 g/mol. The van der Waals surface area contributed by atoms with Crippen LogP contribution in [0.2, 0.25) is 0 Å². The van der Waals surface area contributed by atoms with Gasteiger partial charge in [-0.15, -0.1) is 0 Å². The van der Waals surface area contributed by atoms with Gasteiger partial charge in [-0.25, -0.2) is 4.39 Å². The average Bonchev–Trinajstić information content (AvgIpc) is 3.28. The summed E-state index contributed by atoms with van der Waals surface area (Å²) in [5, 5.41) is 3.37. The second kappa shape index (κ2) is 5.76. The van der Waals surface area contributed by atoms with Gasteiger partial charge >= 0.3 is 0 Å². The van der Waals surface area contributed by atoms with Crippen molar-refractivity contribution in [3.8, 4) is 0 Å². The molecule has 3 atom stereocenters. The zero-order chi connectivity index (χ0) is 13.9. The molecule has 1 fully saturated rings. The number of benzene rings is 2. The zero-order valence-electron chi connectivity index (χ0n) is 11.7. The van der Waals surface area contributed by atoms with Gasteiger partial charge in [-0.2, -0.15) is 0 Å². The highest BCUT2D eigenvalue weighted by molar-refractivity contribution is 5.28. The van der Waals surface area contributed by atoms with E-state index >= 15 is 0 Å². The highest BCUT2D eigenvalue weighted by atomic mass is 19.1. The van der Waals surface area contributed by atoms with Gasteiger partial charge in [-0.05, 0) is 48.9 Å². The van der Waals surface area contributed by atoms with Crippen molar-refractivity contribution in [1.82, 2.24) is 5.32 Å². The van der Waals surface area contributed by atoms with Gasteiger partial charge < -0.3 is 5.32 Å². The number of rotatable bonds is 5. The van der Waals surface area contributed by atoms with Crippen LogP contribution in [-0.4, -0.2) is 13.1 Å². The summed E-state index contributed by atoms with van der Waals surface area (Å²) in [4.78, 5) is 0. The van der Waals surface area contributed by atoms with Crippen molar-refractivity contribution in [2.75, 3.05) is 7.05 Å². The molecule has 20 heavy (non-hydrogen) atoms. The third kappa shape index (κ3) is 2.75. The van der Waals surface area contributed by atoms with Crippen LogP contribution >= 0.6 is 0 Å². The van der Waals surface area contributed by atoms with E-state index in [4.69, 9.17) is 0 Å². The van der Waals surface area contributed by atoms with Gasteiger partial charge in [-0.3, -0.25) is 0 Å². The summed E-state index contributed by atoms with van der Waals surface area (Å²) in [6.45, 7) is 0. The summed E-state index contributed by atoms with van der Waals surface area (Å²) < 4.78 is 13.8. The van der Waals surface area contributed by atoms with Crippen molar-refractivity contribution in [3.05, 3.63) is 71.5 Å². The van der Waals surface area contributed by atoms with Crippen molar-refractivity contribution in [3.63, 3.8) is 0 Å². The van der Waals surface area contributed by atoms with Crippen molar-refractivity contribution >= 4 is 0 Å². The molecule has 1 nitrogen and oxygen atoms in total. The molecule has 1 aliphatic rings. The number of likely N-dealkylation sites (N-methyl/N-ethyl adjacent to an activating group) is 1.